The second kappa shape index (κ2) is 4.77. The Kier molecular flexibility index (Phi) is 3.49. The van der Waals surface area contributed by atoms with Gasteiger partial charge in [0.05, 0.1) is 13.1 Å². The number of aryl methyl sites for hydroxylation is 1. The van der Waals surface area contributed by atoms with Gasteiger partial charge in [-0.25, -0.2) is 18.2 Å². The van der Waals surface area contributed by atoms with Crippen molar-refractivity contribution in [1.82, 2.24) is 14.9 Å². The van der Waals surface area contributed by atoms with Crippen LogP contribution in [0, 0.1) is 0 Å². The molecule has 18 heavy (non-hydrogen) atoms. The number of alkyl carbamates (subject to hydrolysis) is 1. The Morgan fingerprint density at radius 2 is 2.39 bits per heavy atom. The first-order valence-corrected chi connectivity index (χ1v) is 7.66. The van der Waals surface area contributed by atoms with Crippen molar-refractivity contribution in [3.8, 4) is 0 Å². The lowest BCUT2D eigenvalue weighted by Gasteiger charge is -2.10. The SMILES string of the molecule is CCc1nc(S(=O)(=O)Cl)cn1CC1CNC(=O)O1. The van der Waals surface area contributed by atoms with Crippen molar-refractivity contribution in [1.29, 1.82) is 0 Å². The smallest absolute Gasteiger partial charge is 0.407 e. The van der Waals surface area contributed by atoms with Gasteiger partial charge in [0, 0.05) is 23.3 Å². The number of hydrogen-bond donors (Lipinski definition) is 1. The summed E-state index contributed by atoms with van der Waals surface area (Å²) in [7, 11) is 1.40. The minimum absolute atomic E-state index is 0.182. The summed E-state index contributed by atoms with van der Waals surface area (Å²) in [6.07, 6.45) is 1.11. The molecule has 100 valence electrons. The van der Waals surface area contributed by atoms with E-state index in [9.17, 15) is 13.2 Å². The highest BCUT2D eigenvalue weighted by Gasteiger charge is 2.25. The summed E-state index contributed by atoms with van der Waals surface area (Å²) >= 11 is 0. The maximum absolute atomic E-state index is 11.2. The van der Waals surface area contributed by atoms with Crippen LogP contribution < -0.4 is 5.32 Å². The molecule has 0 aliphatic carbocycles. The molecular weight excluding hydrogens is 282 g/mol. The summed E-state index contributed by atoms with van der Waals surface area (Å²) in [5.41, 5.74) is 0. The number of hydrogen-bond acceptors (Lipinski definition) is 5. The Labute approximate surface area is 109 Å². The highest BCUT2D eigenvalue weighted by Crippen LogP contribution is 2.16. The van der Waals surface area contributed by atoms with Crippen molar-refractivity contribution >= 4 is 25.8 Å². The normalized spacial score (nSPS) is 19.7. The number of rotatable bonds is 4. The van der Waals surface area contributed by atoms with E-state index in [1.165, 1.54) is 6.20 Å². The molecule has 0 bridgehead atoms. The van der Waals surface area contributed by atoms with E-state index in [1.54, 1.807) is 4.57 Å². The molecule has 1 atom stereocenters. The molecule has 0 aromatic carbocycles. The van der Waals surface area contributed by atoms with E-state index in [4.69, 9.17) is 15.4 Å². The summed E-state index contributed by atoms with van der Waals surface area (Å²) in [6.45, 7) is 2.59. The molecule has 0 saturated carbocycles. The van der Waals surface area contributed by atoms with Crippen LogP contribution in [0.15, 0.2) is 11.2 Å². The van der Waals surface area contributed by atoms with Crippen molar-refractivity contribution in [2.75, 3.05) is 6.54 Å². The van der Waals surface area contributed by atoms with Crippen LogP contribution in [0.4, 0.5) is 4.79 Å². The van der Waals surface area contributed by atoms with Crippen LogP contribution in [-0.2, 0) is 26.8 Å². The zero-order chi connectivity index (χ0) is 13.3. The summed E-state index contributed by atoms with van der Waals surface area (Å²) in [5, 5.41) is 2.34. The predicted molar refractivity (Wildman–Crippen MR) is 62.9 cm³/mol. The number of carbonyl (C=O) groups excluding carboxylic acids is 1. The maximum atomic E-state index is 11.2. The molecule has 2 rings (SSSR count). The number of nitrogens with zero attached hydrogens (tertiary/aromatic N) is 2. The van der Waals surface area contributed by atoms with Crippen LogP contribution >= 0.6 is 10.7 Å². The van der Waals surface area contributed by atoms with Crippen molar-refractivity contribution < 1.29 is 17.9 Å². The van der Waals surface area contributed by atoms with Crippen LogP contribution in [0.1, 0.15) is 12.7 Å². The van der Waals surface area contributed by atoms with Gasteiger partial charge in [-0.05, 0) is 0 Å². The van der Waals surface area contributed by atoms with Crippen LogP contribution in [0.2, 0.25) is 0 Å². The van der Waals surface area contributed by atoms with Crippen molar-refractivity contribution in [2.24, 2.45) is 0 Å². The minimum atomic E-state index is -3.84. The van der Waals surface area contributed by atoms with Crippen LogP contribution in [0.5, 0.6) is 0 Å². The highest BCUT2D eigenvalue weighted by molar-refractivity contribution is 8.13. The van der Waals surface area contributed by atoms with E-state index in [2.05, 4.69) is 10.3 Å². The highest BCUT2D eigenvalue weighted by atomic mass is 35.7. The summed E-state index contributed by atoms with van der Waals surface area (Å²) in [5.74, 6) is 0.581. The summed E-state index contributed by atoms with van der Waals surface area (Å²) in [4.78, 5) is 14.8. The van der Waals surface area contributed by atoms with Gasteiger partial charge < -0.3 is 14.6 Å². The van der Waals surface area contributed by atoms with Gasteiger partial charge in [0.25, 0.3) is 9.05 Å². The van der Waals surface area contributed by atoms with E-state index < -0.39 is 15.1 Å². The lowest BCUT2D eigenvalue weighted by atomic mass is 10.3. The topological polar surface area (TPSA) is 90.3 Å². The quantitative estimate of drug-likeness (QED) is 0.816. The number of imidazole rings is 1. The molecule has 1 N–H and O–H groups in total. The molecule has 0 radical (unpaired) electrons. The van der Waals surface area contributed by atoms with Gasteiger partial charge in [-0.2, -0.15) is 0 Å². The van der Waals surface area contributed by atoms with Gasteiger partial charge in [-0.15, -0.1) is 0 Å². The average molecular weight is 294 g/mol. The fourth-order valence-corrected chi connectivity index (χ4v) is 2.43. The lowest BCUT2D eigenvalue weighted by molar-refractivity contribution is 0.130. The zero-order valence-electron chi connectivity index (χ0n) is 9.59. The molecule has 1 aliphatic rings. The maximum Gasteiger partial charge on any atom is 0.407 e. The van der Waals surface area contributed by atoms with Gasteiger partial charge in [0.1, 0.15) is 11.9 Å². The largest absolute Gasteiger partial charge is 0.442 e. The van der Waals surface area contributed by atoms with Crippen LogP contribution in [0.3, 0.4) is 0 Å². The number of carbonyl (C=O) groups is 1. The lowest BCUT2D eigenvalue weighted by Crippen LogP contribution is -2.21. The third kappa shape index (κ3) is 2.75. The molecule has 7 nitrogen and oxygen atoms in total. The Bertz CT molecular complexity index is 568. The standard InChI is InChI=1S/C9H12ClN3O4S/c1-2-7-12-8(18(10,15)16)5-13(7)4-6-3-11-9(14)17-6/h5-6H,2-4H2,1H3,(H,11,14). The van der Waals surface area contributed by atoms with Crippen molar-refractivity contribution in [3.63, 3.8) is 0 Å². The number of nitrogens with one attached hydrogen (secondary N) is 1. The first-order valence-electron chi connectivity index (χ1n) is 5.35. The Hall–Kier alpha value is -1.28. The molecular formula is C9H12ClN3O4S. The van der Waals surface area contributed by atoms with Crippen molar-refractivity contribution in [3.05, 3.63) is 12.0 Å². The summed E-state index contributed by atoms with van der Waals surface area (Å²) < 4.78 is 29.0. The monoisotopic (exact) mass is 293 g/mol. The van der Waals surface area contributed by atoms with E-state index in [1.807, 2.05) is 6.92 Å². The van der Waals surface area contributed by atoms with Gasteiger partial charge in [-0.3, -0.25) is 0 Å². The van der Waals surface area contributed by atoms with E-state index in [-0.39, 0.29) is 11.1 Å². The molecule has 1 unspecified atom stereocenters. The average Bonchev–Trinajstić information content (AvgIpc) is 2.85. The molecule has 1 amide bonds. The Balaban J connectivity index is 2.22. The number of amides is 1. The van der Waals surface area contributed by atoms with E-state index >= 15 is 0 Å². The van der Waals surface area contributed by atoms with Crippen molar-refractivity contribution in [2.45, 2.75) is 31.0 Å². The van der Waals surface area contributed by atoms with E-state index in [0.29, 0.717) is 25.3 Å². The molecule has 0 spiro atoms. The zero-order valence-corrected chi connectivity index (χ0v) is 11.2. The molecule has 1 aromatic heterocycles. The fraction of sp³-hybridized carbons (Fsp3) is 0.556. The van der Waals surface area contributed by atoms with E-state index in [0.717, 1.165) is 0 Å². The third-order valence-electron chi connectivity index (χ3n) is 2.55. The summed E-state index contributed by atoms with van der Waals surface area (Å²) in [6, 6.07) is 0. The van der Waals surface area contributed by atoms with Gasteiger partial charge in [0.2, 0.25) is 0 Å². The predicted octanol–water partition coefficient (Wildman–Crippen LogP) is 0.481. The second-order valence-electron chi connectivity index (χ2n) is 3.85. The number of ether oxygens (including phenoxy) is 1. The molecule has 9 heteroatoms. The number of halogens is 1. The minimum Gasteiger partial charge on any atom is -0.442 e. The van der Waals surface area contributed by atoms with Crippen LogP contribution in [-0.4, -0.2) is 36.7 Å². The third-order valence-corrected chi connectivity index (χ3v) is 3.72. The molecule has 2 heterocycles. The fourth-order valence-electron chi connectivity index (χ4n) is 1.74. The molecule has 1 aromatic rings. The molecule has 1 fully saturated rings. The number of cyclic esters (lactones) is 1. The number of aromatic nitrogens is 2. The first kappa shape index (κ1) is 13.2. The molecule has 1 saturated heterocycles. The van der Waals surface area contributed by atoms with Gasteiger partial charge >= 0.3 is 6.09 Å². The van der Waals surface area contributed by atoms with Gasteiger partial charge in [-0.1, -0.05) is 6.92 Å². The Morgan fingerprint density at radius 3 is 2.89 bits per heavy atom. The Morgan fingerprint density at radius 1 is 1.67 bits per heavy atom. The van der Waals surface area contributed by atoms with Gasteiger partial charge in [0.15, 0.2) is 5.03 Å². The second-order valence-corrected chi connectivity index (χ2v) is 6.36. The molecule has 1 aliphatic heterocycles. The first-order chi connectivity index (χ1) is 8.40. The van der Waals surface area contributed by atoms with Crippen LogP contribution in [0.25, 0.3) is 0 Å².